The first-order valence-electron chi connectivity index (χ1n) is 5.92. The molecule has 0 aliphatic rings. The van der Waals surface area contributed by atoms with E-state index in [4.69, 9.17) is 16.7 Å². The van der Waals surface area contributed by atoms with Gasteiger partial charge in [-0.1, -0.05) is 11.6 Å². The van der Waals surface area contributed by atoms with Gasteiger partial charge in [0.25, 0.3) is 0 Å². The lowest BCUT2D eigenvalue weighted by atomic mass is 10.1. The molecule has 1 aromatic carbocycles. The standard InChI is InChI=1S/C14H14ClNO4/c15-11-3-1-10(2-4-11)13(18)7-8-16-9-12(17)5-6-14(19)20/h1-4,7-8,16H,5-6,9H2,(H,19,20)/b8-7-. The van der Waals surface area contributed by atoms with E-state index in [-0.39, 0.29) is 31.0 Å². The van der Waals surface area contributed by atoms with Crippen LogP contribution in [0.15, 0.2) is 36.5 Å². The molecule has 0 amide bonds. The van der Waals surface area contributed by atoms with E-state index in [9.17, 15) is 14.4 Å². The lowest BCUT2D eigenvalue weighted by molar-refractivity contribution is -0.138. The van der Waals surface area contributed by atoms with Gasteiger partial charge in [0.15, 0.2) is 11.6 Å². The van der Waals surface area contributed by atoms with Crippen molar-refractivity contribution >= 4 is 29.1 Å². The van der Waals surface area contributed by atoms with Gasteiger partial charge >= 0.3 is 5.97 Å². The molecule has 0 aliphatic heterocycles. The van der Waals surface area contributed by atoms with Crippen LogP contribution in [0.5, 0.6) is 0 Å². The third-order valence-electron chi connectivity index (χ3n) is 2.40. The summed E-state index contributed by atoms with van der Waals surface area (Å²) in [5.41, 5.74) is 0.490. The number of halogens is 1. The Labute approximate surface area is 121 Å². The molecule has 20 heavy (non-hydrogen) atoms. The zero-order valence-electron chi connectivity index (χ0n) is 10.6. The molecule has 0 bridgehead atoms. The molecule has 0 unspecified atom stereocenters. The Morgan fingerprint density at radius 1 is 1.15 bits per heavy atom. The van der Waals surface area contributed by atoms with Gasteiger partial charge in [-0.15, -0.1) is 0 Å². The van der Waals surface area contributed by atoms with Gasteiger partial charge in [-0.25, -0.2) is 0 Å². The summed E-state index contributed by atoms with van der Waals surface area (Å²) in [5.74, 6) is -1.45. The summed E-state index contributed by atoms with van der Waals surface area (Å²) in [6, 6.07) is 6.44. The first kappa shape index (κ1) is 15.9. The number of rotatable bonds is 8. The van der Waals surface area contributed by atoms with Crippen molar-refractivity contribution in [2.24, 2.45) is 0 Å². The molecule has 6 heteroatoms. The van der Waals surface area contributed by atoms with E-state index in [1.54, 1.807) is 24.3 Å². The molecule has 0 saturated carbocycles. The van der Waals surface area contributed by atoms with Gasteiger partial charge < -0.3 is 10.4 Å². The lowest BCUT2D eigenvalue weighted by Crippen LogP contribution is -2.18. The zero-order chi connectivity index (χ0) is 15.0. The van der Waals surface area contributed by atoms with E-state index < -0.39 is 5.97 Å². The lowest BCUT2D eigenvalue weighted by Gasteiger charge is -1.99. The molecule has 0 aliphatic carbocycles. The summed E-state index contributed by atoms with van der Waals surface area (Å²) < 4.78 is 0. The third kappa shape index (κ3) is 6.15. The summed E-state index contributed by atoms with van der Waals surface area (Å²) in [6.07, 6.45) is 2.46. The normalized spacial score (nSPS) is 10.4. The van der Waals surface area contributed by atoms with E-state index in [1.165, 1.54) is 12.3 Å². The van der Waals surface area contributed by atoms with Crippen molar-refractivity contribution < 1.29 is 19.5 Å². The number of carbonyl (C=O) groups excluding carboxylic acids is 2. The highest BCUT2D eigenvalue weighted by atomic mass is 35.5. The van der Waals surface area contributed by atoms with Gasteiger partial charge in [0.05, 0.1) is 13.0 Å². The molecular weight excluding hydrogens is 282 g/mol. The minimum atomic E-state index is -1.01. The number of Topliss-reactive ketones (excluding diaryl/α,β-unsaturated/α-hetero) is 1. The molecule has 0 atom stereocenters. The fraction of sp³-hybridized carbons (Fsp3) is 0.214. The van der Waals surface area contributed by atoms with Crippen LogP contribution in [0.3, 0.4) is 0 Å². The minimum absolute atomic E-state index is 0.00230. The van der Waals surface area contributed by atoms with E-state index >= 15 is 0 Å². The number of allylic oxidation sites excluding steroid dienone is 1. The van der Waals surface area contributed by atoms with Crippen molar-refractivity contribution in [3.05, 3.63) is 47.1 Å². The maximum Gasteiger partial charge on any atom is 0.303 e. The van der Waals surface area contributed by atoms with Crippen molar-refractivity contribution in [1.82, 2.24) is 5.32 Å². The third-order valence-corrected chi connectivity index (χ3v) is 2.65. The molecule has 0 fully saturated rings. The van der Waals surface area contributed by atoms with Crippen LogP contribution in [0.2, 0.25) is 5.02 Å². The van der Waals surface area contributed by atoms with Crippen LogP contribution < -0.4 is 5.32 Å². The van der Waals surface area contributed by atoms with Crippen LogP contribution in [0.25, 0.3) is 0 Å². The largest absolute Gasteiger partial charge is 0.481 e. The van der Waals surface area contributed by atoms with Crippen LogP contribution in [0.4, 0.5) is 0 Å². The molecule has 0 aromatic heterocycles. The molecule has 2 N–H and O–H groups in total. The SMILES string of the molecule is O=C(O)CCC(=O)CN/C=C\C(=O)c1ccc(Cl)cc1. The van der Waals surface area contributed by atoms with Crippen molar-refractivity contribution in [3.63, 3.8) is 0 Å². The van der Waals surface area contributed by atoms with Gasteiger partial charge in [-0.2, -0.15) is 0 Å². The number of carboxylic acid groups (broad SMARTS) is 1. The van der Waals surface area contributed by atoms with Gasteiger partial charge in [0.1, 0.15) is 0 Å². The summed E-state index contributed by atoms with van der Waals surface area (Å²) in [4.78, 5) is 33.2. The highest BCUT2D eigenvalue weighted by Gasteiger charge is 2.04. The first-order chi connectivity index (χ1) is 9.49. The molecular formula is C14H14ClNO4. The Morgan fingerprint density at radius 2 is 1.80 bits per heavy atom. The van der Waals surface area contributed by atoms with E-state index in [0.29, 0.717) is 10.6 Å². The topological polar surface area (TPSA) is 83.5 Å². The summed E-state index contributed by atoms with van der Waals surface area (Å²) in [5, 5.41) is 11.6. The molecule has 1 rings (SSSR count). The predicted molar refractivity (Wildman–Crippen MR) is 74.8 cm³/mol. The minimum Gasteiger partial charge on any atom is -0.481 e. The van der Waals surface area contributed by atoms with E-state index in [0.717, 1.165) is 0 Å². The Morgan fingerprint density at radius 3 is 2.40 bits per heavy atom. The number of hydrogen-bond donors (Lipinski definition) is 2. The monoisotopic (exact) mass is 295 g/mol. The Balaban J connectivity index is 2.34. The van der Waals surface area contributed by atoms with Crippen molar-refractivity contribution in [3.8, 4) is 0 Å². The average molecular weight is 296 g/mol. The molecule has 1 aromatic rings. The van der Waals surface area contributed by atoms with Crippen LogP contribution in [0, 0.1) is 0 Å². The van der Waals surface area contributed by atoms with Crippen molar-refractivity contribution in [2.75, 3.05) is 6.54 Å². The Hall–Kier alpha value is -2.14. The summed E-state index contributed by atoms with van der Waals surface area (Å²) >= 11 is 5.71. The Bertz CT molecular complexity index is 522. The predicted octanol–water partition coefficient (Wildman–Crippen LogP) is 2.06. The number of nitrogens with one attached hydrogen (secondary N) is 1. The molecule has 0 saturated heterocycles. The average Bonchev–Trinajstić information content (AvgIpc) is 2.42. The highest BCUT2D eigenvalue weighted by Crippen LogP contribution is 2.10. The smallest absolute Gasteiger partial charge is 0.303 e. The Kier molecular flexibility index (Phi) is 6.46. The van der Waals surface area contributed by atoms with E-state index in [2.05, 4.69) is 5.32 Å². The number of hydrogen-bond acceptors (Lipinski definition) is 4. The van der Waals surface area contributed by atoms with E-state index in [1.807, 2.05) is 0 Å². The molecule has 0 heterocycles. The molecule has 0 spiro atoms. The van der Waals surface area contributed by atoms with Gasteiger partial charge in [0.2, 0.25) is 0 Å². The highest BCUT2D eigenvalue weighted by molar-refractivity contribution is 6.30. The fourth-order valence-corrected chi connectivity index (χ4v) is 1.48. The second-order valence-electron chi connectivity index (χ2n) is 4.02. The first-order valence-corrected chi connectivity index (χ1v) is 6.30. The summed E-state index contributed by atoms with van der Waals surface area (Å²) in [7, 11) is 0. The van der Waals surface area contributed by atoms with Crippen LogP contribution >= 0.6 is 11.6 Å². The maximum absolute atomic E-state index is 11.7. The fourth-order valence-electron chi connectivity index (χ4n) is 1.35. The van der Waals surface area contributed by atoms with Crippen LogP contribution in [-0.2, 0) is 9.59 Å². The van der Waals surface area contributed by atoms with Crippen molar-refractivity contribution in [1.29, 1.82) is 0 Å². The zero-order valence-corrected chi connectivity index (χ0v) is 11.4. The van der Waals surface area contributed by atoms with Crippen LogP contribution in [-0.4, -0.2) is 29.2 Å². The summed E-state index contributed by atoms with van der Waals surface area (Å²) in [6.45, 7) is -0.00230. The quantitative estimate of drug-likeness (QED) is 0.566. The second kappa shape index (κ2) is 8.12. The number of carbonyl (C=O) groups is 3. The molecule has 5 nitrogen and oxygen atoms in total. The van der Waals surface area contributed by atoms with Gasteiger partial charge in [-0.3, -0.25) is 14.4 Å². The number of carboxylic acids is 1. The van der Waals surface area contributed by atoms with Crippen molar-refractivity contribution in [2.45, 2.75) is 12.8 Å². The number of aliphatic carboxylic acids is 1. The van der Waals surface area contributed by atoms with Gasteiger partial charge in [0, 0.05) is 29.3 Å². The van der Waals surface area contributed by atoms with Crippen LogP contribution in [0.1, 0.15) is 23.2 Å². The second-order valence-corrected chi connectivity index (χ2v) is 4.45. The maximum atomic E-state index is 11.7. The molecule has 106 valence electrons. The number of ketones is 2. The molecule has 0 radical (unpaired) electrons. The van der Waals surface area contributed by atoms with Gasteiger partial charge in [-0.05, 0) is 24.3 Å². The number of benzene rings is 1.